The van der Waals surface area contributed by atoms with Crippen LogP contribution >= 0.6 is 0 Å². The zero-order valence-electron chi connectivity index (χ0n) is 7.37. The number of benzene rings is 1. The van der Waals surface area contributed by atoms with Gasteiger partial charge in [-0.1, -0.05) is 0 Å². The van der Waals surface area contributed by atoms with E-state index in [-0.39, 0.29) is 5.56 Å². The van der Waals surface area contributed by atoms with Gasteiger partial charge in [-0.15, -0.1) is 0 Å². The number of hydrogen-bond donors (Lipinski definition) is 3. The number of rotatable bonds is 3. The van der Waals surface area contributed by atoms with Gasteiger partial charge in [0, 0.05) is 12.2 Å². The third kappa shape index (κ3) is 2.11. The molecule has 0 amide bonds. The SMILES string of the molecule is CCNc1cc(N)ccc1C(=O)O. The number of anilines is 2. The maximum absolute atomic E-state index is 10.7. The molecule has 4 heteroatoms. The molecule has 0 aliphatic heterocycles. The van der Waals surface area contributed by atoms with Gasteiger partial charge in [0.2, 0.25) is 0 Å². The fourth-order valence-electron chi connectivity index (χ4n) is 1.09. The predicted molar refractivity (Wildman–Crippen MR) is 52.0 cm³/mol. The third-order valence-corrected chi connectivity index (χ3v) is 1.64. The lowest BCUT2D eigenvalue weighted by Gasteiger charge is -2.07. The van der Waals surface area contributed by atoms with Crippen LogP contribution in [0, 0.1) is 0 Å². The number of carboxylic acid groups (broad SMARTS) is 1. The van der Waals surface area contributed by atoms with Crippen molar-refractivity contribution in [2.45, 2.75) is 6.92 Å². The first-order chi connectivity index (χ1) is 6.15. The molecule has 13 heavy (non-hydrogen) atoms. The normalized spacial score (nSPS) is 9.62. The Labute approximate surface area is 76.4 Å². The molecule has 0 saturated carbocycles. The number of nitrogens with two attached hydrogens (primary N) is 1. The van der Waals surface area contributed by atoms with Crippen LogP contribution in [0.25, 0.3) is 0 Å². The topological polar surface area (TPSA) is 75.3 Å². The Kier molecular flexibility index (Phi) is 2.74. The molecule has 1 aromatic carbocycles. The maximum atomic E-state index is 10.7. The van der Waals surface area contributed by atoms with Crippen LogP contribution in [0.2, 0.25) is 0 Å². The molecule has 1 rings (SSSR count). The average Bonchev–Trinajstić information content (AvgIpc) is 2.04. The summed E-state index contributed by atoms with van der Waals surface area (Å²) in [6.07, 6.45) is 0. The van der Waals surface area contributed by atoms with Gasteiger partial charge in [0.15, 0.2) is 0 Å². The van der Waals surface area contributed by atoms with E-state index in [4.69, 9.17) is 10.8 Å². The van der Waals surface area contributed by atoms with Gasteiger partial charge < -0.3 is 16.2 Å². The molecular weight excluding hydrogens is 168 g/mol. The number of hydrogen-bond acceptors (Lipinski definition) is 3. The van der Waals surface area contributed by atoms with E-state index in [0.717, 1.165) is 0 Å². The summed E-state index contributed by atoms with van der Waals surface area (Å²) in [5.41, 5.74) is 6.89. The second kappa shape index (κ2) is 3.80. The summed E-state index contributed by atoms with van der Waals surface area (Å²) in [6.45, 7) is 2.57. The molecule has 0 heterocycles. The quantitative estimate of drug-likeness (QED) is 0.614. The highest BCUT2D eigenvalue weighted by Gasteiger charge is 2.08. The standard InChI is InChI=1S/C9H12N2O2/c1-2-11-8-5-6(10)3-4-7(8)9(12)13/h3-5,11H,2,10H2,1H3,(H,12,13). The van der Waals surface area contributed by atoms with Gasteiger partial charge in [-0.3, -0.25) is 0 Å². The summed E-state index contributed by atoms with van der Waals surface area (Å²) >= 11 is 0. The van der Waals surface area contributed by atoms with Gasteiger partial charge >= 0.3 is 5.97 Å². The van der Waals surface area contributed by atoms with Crippen molar-refractivity contribution in [3.8, 4) is 0 Å². The highest BCUT2D eigenvalue weighted by Crippen LogP contribution is 2.18. The Morgan fingerprint density at radius 1 is 1.62 bits per heavy atom. The van der Waals surface area contributed by atoms with E-state index >= 15 is 0 Å². The van der Waals surface area contributed by atoms with Crippen LogP contribution in [-0.2, 0) is 0 Å². The molecule has 4 nitrogen and oxygen atoms in total. The van der Waals surface area contributed by atoms with E-state index in [1.54, 1.807) is 12.1 Å². The molecule has 0 spiro atoms. The number of aromatic carboxylic acids is 1. The van der Waals surface area contributed by atoms with Gasteiger partial charge in [0.1, 0.15) is 0 Å². The van der Waals surface area contributed by atoms with Crippen molar-refractivity contribution >= 4 is 17.3 Å². The van der Waals surface area contributed by atoms with Crippen molar-refractivity contribution in [3.63, 3.8) is 0 Å². The molecule has 0 aromatic heterocycles. The molecule has 0 atom stereocenters. The largest absolute Gasteiger partial charge is 0.478 e. The minimum absolute atomic E-state index is 0.246. The van der Waals surface area contributed by atoms with E-state index < -0.39 is 5.97 Å². The van der Waals surface area contributed by atoms with Crippen LogP contribution in [0.4, 0.5) is 11.4 Å². The van der Waals surface area contributed by atoms with Crippen molar-refractivity contribution in [3.05, 3.63) is 23.8 Å². The summed E-state index contributed by atoms with van der Waals surface area (Å²) in [4.78, 5) is 10.7. The lowest BCUT2D eigenvalue weighted by Crippen LogP contribution is -2.06. The predicted octanol–water partition coefficient (Wildman–Crippen LogP) is 1.40. The minimum Gasteiger partial charge on any atom is -0.478 e. The molecule has 0 aliphatic rings. The van der Waals surface area contributed by atoms with Crippen molar-refractivity contribution in [2.75, 3.05) is 17.6 Å². The van der Waals surface area contributed by atoms with Crippen LogP contribution in [0.5, 0.6) is 0 Å². The van der Waals surface area contributed by atoms with Gasteiger partial charge in [0.25, 0.3) is 0 Å². The zero-order chi connectivity index (χ0) is 9.84. The van der Waals surface area contributed by atoms with Gasteiger partial charge in [-0.25, -0.2) is 4.79 Å². The Bertz CT molecular complexity index is 323. The second-order valence-electron chi connectivity index (χ2n) is 2.64. The fourth-order valence-corrected chi connectivity index (χ4v) is 1.09. The molecular formula is C9H12N2O2. The first-order valence-electron chi connectivity index (χ1n) is 4.02. The Hall–Kier alpha value is -1.71. The lowest BCUT2D eigenvalue weighted by atomic mass is 10.1. The van der Waals surface area contributed by atoms with Crippen LogP contribution < -0.4 is 11.1 Å². The van der Waals surface area contributed by atoms with E-state index in [2.05, 4.69) is 5.32 Å². The molecule has 0 fully saturated rings. The molecule has 0 aliphatic carbocycles. The van der Waals surface area contributed by atoms with Crippen LogP contribution in [-0.4, -0.2) is 17.6 Å². The molecule has 0 saturated heterocycles. The van der Waals surface area contributed by atoms with E-state index in [9.17, 15) is 4.79 Å². The first kappa shape index (κ1) is 9.38. The minimum atomic E-state index is -0.948. The smallest absolute Gasteiger partial charge is 0.337 e. The fraction of sp³-hybridized carbons (Fsp3) is 0.222. The first-order valence-corrected chi connectivity index (χ1v) is 4.02. The summed E-state index contributed by atoms with van der Waals surface area (Å²) in [5.74, 6) is -0.948. The third-order valence-electron chi connectivity index (χ3n) is 1.64. The van der Waals surface area contributed by atoms with Crippen molar-refractivity contribution in [1.82, 2.24) is 0 Å². The molecule has 1 aromatic rings. The number of carboxylic acids is 1. The van der Waals surface area contributed by atoms with E-state index in [0.29, 0.717) is 17.9 Å². The number of nitrogen functional groups attached to an aromatic ring is 1. The molecule has 4 N–H and O–H groups in total. The van der Waals surface area contributed by atoms with Gasteiger partial charge in [-0.2, -0.15) is 0 Å². The highest BCUT2D eigenvalue weighted by atomic mass is 16.4. The highest BCUT2D eigenvalue weighted by molar-refractivity contribution is 5.95. The summed E-state index contributed by atoms with van der Waals surface area (Å²) < 4.78 is 0. The van der Waals surface area contributed by atoms with Crippen LogP contribution in [0.15, 0.2) is 18.2 Å². The maximum Gasteiger partial charge on any atom is 0.337 e. The molecule has 0 bridgehead atoms. The molecule has 0 radical (unpaired) electrons. The number of nitrogens with one attached hydrogen (secondary N) is 1. The molecule has 70 valence electrons. The second-order valence-corrected chi connectivity index (χ2v) is 2.64. The van der Waals surface area contributed by atoms with Gasteiger partial charge in [-0.05, 0) is 25.1 Å². The average molecular weight is 180 g/mol. The monoisotopic (exact) mass is 180 g/mol. The van der Waals surface area contributed by atoms with Gasteiger partial charge in [0.05, 0.1) is 11.3 Å². The Morgan fingerprint density at radius 3 is 2.85 bits per heavy atom. The van der Waals surface area contributed by atoms with Crippen LogP contribution in [0.1, 0.15) is 17.3 Å². The van der Waals surface area contributed by atoms with Crippen molar-refractivity contribution in [2.24, 2.45) is 0 Å². The Balaban J connectivity index is 3.10. The number of carbonyl (C=O) groups is 1. The summed E-state index contributed by atoms with van der Waals surface area (Å²) in [6, 6.07) is 4.69. The van der Waals surface area contributed by atoms with E-state index in [1.165, 1.54) is 6.07 Å². The summed E-state index contributed by atoms with van der Waals surface area (Å²) in [5, 5.41) is 11.7. The van der Waals surface area contributed by atoms with Crippen molar-refractivity contribution in [1.29, 1.82) is 0 Å². The van der Waals surface area contributed by atoms with Crippen LogP contribution in [0.3, 0.4) is 0 Å². The zero-order valence-corrected chi connectivity index (χ0v) is 7.37. The Morgan fingerprint density at radius 2 is 2.31 bits per heavy atom. The lowest BCUT2D eigenvalue weighted by molar-refractivity contribution is 0.0698. The molecule has 0 unspecified atom stereocenters. The van der Waals surface area contributed by atoms with E-state index in [1.807, 2.05) is 6.92 Å². The summed E-state index contributed by atoms with van der Waals surface area (Å²) in [7, 11) is 0. The van der Waals surface area contributed by atoms with Crippen molar-refractivity contribution < 1.29 is 9.90 Å².